The Morgan fingerprint density at radius 3 is 3.00 bits per heavy atom. The molecule has 2 aromatic heterocycles. The Bertz CT molecular complexity index is 581. The van der Waals surface area contributed by atoms with Crippen molar-refractivity contribution in [3.8, 4) is 0 Å². The number of nitrogens with one attached hydrogen (secondary N) is 1. The lowest BCUT2D eigenvalue weighted by Crippen LogP contribution is -2.24. The summed E-state index contributed by atoms with van der Waals surface area (Å²) in [6, 6.07) is 1.41. The molecule has 2 rings (SSSR count). The van der Waals surface area contributed by atoms with Gasteiger partial charge in [-0.15, -0.1) is 0 Å². The summed E-state index contributed by atoms with van der Waals surface area (Å²) in [4.78, 5) is 19.6. The van der Waals surface area contributed by atoms with Gasteiger partial charge in [-0.05, 0) is 6.07 Å². The lowest BCUT2D eigenvalue weighted by atomic mass is 10.2. The van der Waals surface area contributed by atoms with E-state index in [1.165, 1.54) is 12.3 Å². The molecule has 0 spiro atoms. The molecule has 3 N–H and O–H groups in total. The summed E-state index contributed by atoms with van der Waals surface area (Å²) >= 11 is 5.71. The van der Waals surface area contributed by atoms with Crippen LogP contribution in [0.5, 0.6) is 0 Å². The SMILES string of the molecule is Cn1cnc(CNC(=O)c2cc(Cl)ncc2N)n1. The highest BCUT2D eigenvalue weighted by molar-refractivity contribution is 6.29. The third kappa shape index (κ3) is 2.75. The van der Waals surface area contributed by atoms with Crippen molar-refractivity contribution in [1.29, 1.82) is 0 Å². The third-order valence-corrected chi connectivity index (χ3v) is 2.41. The maximum Gasteiger partial charge on any atom is 0.253 e. The van der Waals surface area contributed by atoms with Crippen LogP contribution in [-0.2, 0) is 13.6 Å². The van der Waals surface area contributed by atoms with Gasteiger partial charge in [0.05, 0.1) is 24.0 Å². The van der Waals surface area contributed by atoms with Crippen LogP contribution < -0.4 is 11.1 Å². The lowest BCUT2D eigenvalue weighted by molar-refractivity contribution is 0.0950. The average Bonchev–Trinajstić information content (AvgIpc) is 2.75. The summed E-state index contributed by atoms with van der Waals surface area (Å²) < 4.78 is 1.55. The van der Waals surface area contributed by atoms with Gasteiger partial charge in [-0.25, -0.2) is 9.97 Å². The van der Waals surface area contributed by atoms with Crippen molar-refractivity contribution in [3.63, 3.8) is 0 Å². The summed E-state index contributed by atoms with van der Waals surface area (Å²) in [7, 11) is 1.75. The molecule has 2 heterocycles. The molecule has 0 unspecified atom stereocenters. The highest BCUT2D eigenvalue weighted by Crippen LogP contribution is 2.14. The van der Waals surface area contributed by atoms with Gasteiger partial charge in [-0.3, -0.25) is 9.48 Å². The number of hydrogen-bond donors (Lipinski definition) is 2. The Morgan fingerprint density at radius 2 is 2.33 bits per heavy atom. The molecular weight excluding hydrogens is 256 g/mol. The Labute approximate surface area is 108 Å². The standard InChI is InChI=1S/C10H11ClN6O/c1-17-5-15-9(16-17)4-14-10(18)6-2-8(11)13-3-7(6)12/h2-3,5H,4,12H2,1H3,(H,14,18). The van der Waals surface area contributed by atoms with E-state index in [4.69, 9.17) is 17.3 Å². The molecule has 1 amide bonds. The number of anilines is 1. The van der Waals surface area contributed by atoms with Crippen LogP contribution in [0.25, 0.3) is 0 Å². The van der Waals surface area contributed by atoms with E-state index >= 15 is 0 Å². The van der Waals surface area contributed by atoms with Crippen molar-refractivity contribution >= 4 is 23.2 Å². The van der Waals surface area contributed by atoms with Crippen molar-refractivity contribution in [2.24, 2.45) is 7.05 Å². The number of rotatable bonds is 3. The van der Waals surface area contributed by atoms with Crippen molar-refractivity contribution in [3.05, 3.63) is 35.1 Å². The van der Waals surface area contributed by atoms with Crippen LogP contribution in [0.1, 0.15) is 16.2 Å². The molecule has 94 valence electrons. The van der Waals surface area contributed by atoms with Gasteiger partial charge in [0, 0.05) is 7.05 Å². The molecule has 0 radical (unpaired) electrons. The van der Waals surface area contributed by atoms with Crippen molar-refractivity contribution < 1.29 is 4.79 Å². The van der Waals surface area contributed by atoms with Crippen LogP contribution in [-0.4, -0.2) is 25.7 Å². The molecular formula is C10H11ClN6O. The van der Waals surface area contributed by atoms with E-state index in [-0.39, 0.29) is 28.9 Å². The first-order valence-electron chi connectivity index (χ1n) is 5.10. The molecule has 0 saturated heterocycles. The van der Waals surface area contributed by atoms with Gasteiger partial charge in [0.25, 0.3) is 5.91 Å². The summed E-state index contributed by atoms with van der Waals surface area (Å²) in [5, 5.41) is 6.90. The zero-order chi connectivity index (χ0) is 13.1. The molecule has 2 aromatic rings. The van der Waals surface area contributed by atoms with Gasteiger partial charge < -0.3 is 11.1 Å². The third-order valence-electron chi connectivity index (χ3n) is 2.20. The molecule has 0 aliphatic heterocycles. The molecule has 0 aliphatic carbocycles. The molecule has 7 nitrogen and oxygen atoms in total. The van der Waals surface area contributed by atoms with Crippen LogP contribution in [0.3, 0.4) is 0 Å². The van der Waals surface area contributed by atoms with Gasteiger partial charge in [-0.1, -0.05) is 11.6 Å². The number of amides is 1. The smallest absolute Gasteiger partial charge is 0.253 e. The molecule has 0 aromatic carbocycles. The average molecular weight is 267 g/mol. The monoisotopic (exact) mass is 266 g/mol. The van der Waals surface area contributed by atoms with Crippen molar-refractivity contribution in [2.45, 2.75) is 6.54 Å². The summed E-state index contributed by atoms with van der Waals surface area (Å²) in [6.45, 7) is 0.221. The zero-order valence-electron chi connectivity index (χ0n) is 9.59. The number of hydrogen-bond acceptors (Lipinski definition) is 5. The number of aromatic nitrogens is 4. The van der Waals surface area contributed by atoms with Crippen LogP contribution in [0, 0.1) is 0 Å². The predicted octanol–water partition coefficient (Wildman–Crippen LogP) is 0.376. The largest absolute Gasteiger partial charge is 0.397 e. The normalized spacial score (nSPS) is 10.3. The molecule has 8 heteroatoms. The second kappa shape index (κ2) is 5.01. The van der Waals surface area contributed by atoms with E-state index in [1.54, 1.807) is 18.1 Å². The number of carbonyl (C=O) groups excluding carboxylic acids is 1. The van der Waals surface area contributed by atoms with E-state index in [0.29, 0.717) is 5.82 Å². The number of nitrogens with zero attached hydrogens (tertiary/aromatic N) is 4. The zero-order valence-corrected chi connectivity index (χ0v) is 10.3. The summed E-state index contributed by atoms with van der Waals surface area (Å²) in [5.41, 5.74) is 6.20. The van der Waals surface area contributed by atoms with Gasteiger partial charge in [0.15, 0.2) is 5.82 Å². The minimum Gasteiger partial charge on any atom is -0.397 e. The van der Waals surface area contributed by atoms with Gasteiger partial charge in [0.2, 0.25) is 0 Å². The predicted molar refractivity (Wildman–Crippen MR) is 65.8 cm³/mol. The Kier molecular flexibility index (Phi) is 3.42. The molecule has 0 aliphatic rings. The number of pyridine rings is 1. The Balaban J connectivity index is 2.05. The Morgan fingerprint density at radius 1 is 1.56 bits per heavy atom. The quantitative estimate of drug-likeness (QED) is 0.783. The number of halogens is 1. The highest BCUT2D eigenvalue weighted by atomic mass is 35.5. The first-order chi connectivity index (χ1) is 8.56. The number of carbonyl (C=O) groups is 1. The highest BCUT2D eigenvalue weighted by Gasteiger charge is 2.11. The van der Waals surface area contributed by atoms with Crippen LogP contribution >= 0.6 is 11.6 Å². The van der Waals surface area contributed by atoms with Crippen molar-refractivity contribution in [1.82, 2.24) is 25.1 Å². The van der Waals surface area contributed by atoms with E-state index in [1.807, 2.05) is 0 Å². The van der Waals surface area contributed by atoms with Gasteiger partial charge in [-0.2, -0.15) is 5.10 Å². The Hall–Kier alpha value is -2.15. The molecule has 0 atom stereocenters. The minimum atomic E-state index is -0.343. The van der Waals surface area contributed by atoms with Crippen LogP contribution in [0.4, 0.5) is 5.69 Å². The lowest BCUT2D eigenvalue weighted by Gasteiger charge is -2.05. The summed E-state index contributed by atoms with van der Waals surface area (Å²) in [5.74, 6) is 0.175. The van der Waals surface area contributed by atoms with Crippen LogP contribution in [0.2, 0.25) is 5.15 Å². The van der Waals surface area contributed by atoms with E-state index in [2.05, 4.69) is 20.4 Å². The second-order valence-electron chi connectivity index (χ2n) is 3.61. The van der Waals surface area contributed by atoms with E-state index in [0.717, 1.165) is 0 Å². The first kappa shape index (κ1) is 12.3. The molecule has 0 bridgehead atoms. The first-order valence-corrected chi connectivity index (χ1v) is 5.48. The minimum absolute atomic E-state index is 0.213. The molecule has 0 saturated carbocycles. The van der Waals surface area contributed by atoms with E-state index in [9.17, 15) is 4.79 Å². The van der Waals surface area contributed by atoms with Crippen LogP contribution in [0.15, 0.2) is 18.6 Å². The topological polar surface area (TPSA) is 98.7 Å². The second-order valence-corrected chi connectivity index (χ2v) is 4.00. The number of nitrogen functional groups attached to an aromatic ring is 1. The van der Waals surface area contributed by atoms with Gasteiger partial charge >= 0.3 is 0 Å². The fourth-order valence-electron chi connectivity index (χ4n) is 1.36. The fraction of sp³-hybridized carbons (Fsp3) is 0.200. The van der Waals surface area contributed by atoms with Crippen molar-refractivity contribution in [2.75, 3.05) is 5.73 Å². The number of aryl methyl sites for hydroxylation is 1. The fourth-order valence-corrected chi connectivity index (χ4v) is 1.51. The molecule has 18 heavy (non-hydrogen) atoms. The molecule has 0 fully saturated rings. The van der Waals surface area contributed by atoms with Gasteiger partial charge in [0.1, 0.15) is 11.5 Å². The maximum atomic E-state index is 11.9. The summed E-state index contributed by atoms with van der Waals surface area (Å²) in [6.07, 6.45) is 2.90. The van der Waals surface area contributed by atoms with E-state index < -0.39 is 0 Å². The number of nitrogens with two attached hydrogens (primary N) is 1. The maximum absolute atomic E-state index is 11.9.